The van der Waals surface area contributed by atoms with Gasteiger partial charge in [0.25, 0.3) is 0 Å². The number of para-hydroxylation sites is 1. The van der Waals surface area contributed by atoms with Crippen molar-refractivity contribution in [1.82, 2.24) is 4.98 Å². The number of nitrogens with zero attached hydrogens (tertiary/aromatic N) is 1. The summed E-state index contributed by atoms with van der Waals surface area (Å²) in [6.45, 7) is 3.59. The number of thiazole rings is 1. The molecule has 1 aliphatic heterocycles. The van der Waals surface area contributed by atoms with Crippen molar-refractivity contribution in [3.05, 3.63) is 58.6 Å². The highest BCUT2D eigenvalue weighted by Crippen LogP contribution is 2.29. The summed E-state index contributed by atoms with van der Waals surface area (Å²) in [4.78, 5) is 18.3. The van der Waals surface area contributed by atoms with Crippen LogP contribution < -0.4 is 9.64 Å². The van der Waals surface area contributed by atoms with Crippen LogP contribution in [-0.4, -0.2) is 24.4 Å². The topological polar surface area (TPSA) is 43.6 Å². The summed E-state index contributed by atoms with van der Waals surface area (Å²) in [5.74, 6) is 0.955. The number of ether oxygens (including phenoxy) is 1. The number of benzene rings is 2. The Labute approximate surface area is 163 Å². The molecule has 2 atom stereocenters. The molecule has 1 saturated heterocycles. The highest BCUT2D eigenvalue weighted by Gasteiger charge is 2.31. The van der Waals surface area contributed by atoms with Crippen LogP contribution in [-0.2, 0) is 6.54 Å². The predicted octanol–water partition coefficient (Wildman–Crippen LogP) is 3.82. The lowest BCUT2D eigenvalue weighted by Crippen LogP contribution is -3.11. The maximum absolute atomic E-state index is 11.8. The molecule has 27 heavy (non-hydrogen) atoms. The number of likely N-dealkylation sites (tertiary alicyclic amines) is 1. The molecule has 1 fully saturated rings. The van der Waals surface area contributed by atoms with Crippen LogP contribution in [0.1, 0.15) is 53.2 Å². The van der Waals surface area contributed by atoms with Crippen molar-refractivity contribution in [2.75, 3.05) is 13.7 Å². The van der Waals surface area contributed by atoms with Gasteiger partial charge in [-0.3, -0.25) is 4.79 Å². The molecule has 0 amide bonds. The molecule has 0 saturated carbocycles. The Balaban J connectivity index is 1.65. The fraction of sp³-hybridized carbons (Fsp3) is 0.364. The molecule has 5 heteroatoms. The van der Waals surface area contributed by atoms with Gasteiger partial charge in [0.2, 0.25) is 0 Å². The minimum atomic E-state index is 0.0928. The third-order valence-corrected chi connectivity index (χ3v) is 6.60. The van der Waals surface area contributed by atoms with Gasteiger partial charge in [-0.2, -0.15) is 0 Å². The average molecular weight is 382 g/mol. The van der Waals surface area contributed by atoms with Crippen LogP contribution in [0.4, 0.5) is 0 Å². The quantitative estimate of drug-likeness (QED) is 0.684. The van der Waals surface area contributed by atoms with E-state index in [2.05, 4.69) is 24.3 Å². The van der Waals surface area contributed by atoms with E-state index in [0.717, 1.165) is 41.9 Å². The molecule has 2 heterocycles. The van der Waals surface area contributed by atoms with Crippen molar-refractivity contribution >= 4 is 27.3 Å². The van der Waals surface area contributed by atoms with Gasteiger partial charge in [0, 0.05) is 17.5 Å². The summed E-state index contributed by atoms with van der Waals surface area (Å²) >= 11 is 1.82. The summed E-state index contributed by atoms with van der Waals surface area (Å²) in [5.41, 5.74) is 2.95. The Morgan fingerprint density at radius 3 is 2.89 bits per heavy atom. The Hall–Kier alpha value is -2.24. The molecule has 1 unspecified atom stereocenters. The van der Waals surface area contributed by atoms with Gasteiger partial charge in [0.15, 0.2) is 10.8 Å². The lowest BCUT2D eigenvalue weighted by Gasteiger charge is -2.31. The third kappa shape index (κ3) is 3.75. The molecule has 0 spiro atoms. The molecule has 0 bridgehead atoms. The number of carbonyl (C=O) groups is 1. The van der Waals surface area contributed by atoms with Gasteiger partial charge in [-0.1, -0.05) is 12.1 Å². The zero-order valence-corrected chi connectivity index (χ0v) is 16.6. The number of nitrogens with one attached hydrogen (secondary N) is 1. The van der Waals surface area contributed by atoms with Gasteiger partial charge in [0.1, 0.15) is 18.3 Å². The number of aromatic nitrogens is 1. The van der Waals surface area contributed by atoms with Crippen LogP contribution in [0.25, 0.3) is 10.2 Å². The first-order valence-electron chi connectivity index (χ1n) is 9.53. The molecule has 3 aromatic rings. The van der Waals surface area contributed by atoms with Gasteiger partial charge in [-0.05, 0) is 50.1 Å². The summed E-state index contributed by atoms with van der Waals surface area (Å²) in [6, 6.07) is 14.5. The van der Waals surface area contributed by atoms with Crippen LogP contribution in [0.2, 0.25) is 0 Å². The lowest BCUT2D eigenvalue weighted by molar-refractivity contribution is -0.950. The molecule has 4 nitrogen and oxygen atoms in total. The van der Waals surface area contributed by atoms with E-state index in [1.807, 2.05) is 29.5 Å². The molecule has 1 N–H and O–H groups in total. The largest absolute Gasteiger partial charge is 0.496 e. The van der Waals surface area contributed by atoms with Crippen molar-refractivity contribution in [2.45, 2.75) is 38.8 Å². The number of piperidine rings is 1. The normalized spacial score (nSPS) is 19.9. The number of ketones is 1. The zero-order valence-electron chi connectivity index (χ0n) is 15.8. The first-order valence-corrected chi connectivity index (χ1v) is 10.4. The molecule has 2 aromatic carbocycles. The smallest absolute Gasteiger partial charge is 0.159 e. The van der Waals surface area contributed by atoms with Crippen LogP contribution in [0.5, 0.6) is 5.75 Å². The van der Waals surface area contributed by atoms with Gasteiger partial charge in [-0.15, -0.1) is 11.3 Å². The van der Waals surface area contributed by atoms with Crippen LogP contribution in [0.3, 0.4) is 0 Å². The number of hydrogen-bond acceptors (Lipinski definition) is 4. The molecule has 0 radical (unpaired) electrons. The number of fused-ring (bicyclic) bond motifs is 1. The molecule has 1 aliphatic rings. The summed E-state index contributed by atoms with van der Waals surface area (Å²) in [5, 5.41) is 1.23. The second-order valence-electron chi connectivity index (χ2n) is 7.24. The van der Waals surface area contributed by atoms with Crippen molar-refractivity contribution < 1.29 is 14.4 Å². The van der Waals surface area contributed by atoms with E-state index in [1.54, 1.807) is 14.0 Å². The molecular weight excluding hydrogens is 356 g/mol. The predicted molar refractivity (Wildman–Crippen MR) is 109 cm³/mol. The third-order valence-electron chi connectivity index (χ3n) is 5.45. The van der Waals surface area contributed by atoms with E-state index in [-0.39, 0.29) is 5.78 Å². The maximum Gasteiger partial charge on any atom is 0.159 e. The SMILES string of the molecule is COc1ccc(C(C)=O)cc1C[NH+]1CCCC[C@@H]1c1nc2ccccc2s1. The zero-order chi connectivity index (χ0) is 18.8. The van der Waals surface area contributed by atoms with Crippen molar-refractivity contribution in [3.63, 3.8) is 0 Å². The number of hydrogen-bond donors (Lipinski definition) is 1. The highest BCUT2D eigenvalue weighted by atomic mass is 32.1. The highest BCUT2D eigenvalue weighted by molar-refractivity contribution is 7.18. The van der Waals surface area contributed by atoms with Crippen molar-refractivity contribution in [2.24, 2.45) is 0 Å². The Bertz CT molecular complexity index is 933. The Kier molecular flexibility index (Phi) is 5.23. The molecule has 0 aliphatic carbocycles. The number of methoxy groups -OCH3 is 1. The van der Waals surface area contributed by atoms with Gasteiger partial charge in [-0.25, -0.2) is 4.98 Å². The van der Waals surface area contributed by atoms with Crippen molar-refractivity contribution in [1.29, 1.82) is 0 Å². The van der Waals surface area contributed by atoms with E-state index in [1.165, 1.54) is 27.4 Å². The standard InChI is InChI=1S/C22H24N2O2S/c1-15(25)16-10-11-20(26-2)17(13-16)14-24-12-6-5-8-19(24)22-23-18-7-3-4-9-21(18)27-22/h3-4,7,9-11,13,19H,5-6,8,12,14H2,1-2H3/p+1/t19-/m1/s1. The number of carbonyl (C=O) groups excluding carboxylic acids is 1. The van der Waals surface area contributed by atoms with E-state index < -0.39 is 0 Å². The van der Waals surface area contributed by atoms with Crippen LogP contribution in [0.15, 0.2) is 42.5 Å². The van der Waals surface area contributed by atoms with E-state index in [0.29, 0.717) is 6.04 Å². The monoisotopic (exact) mass is 381 g/mol. The minimum Gasteiger partial charge on any atom is -0.496 e. The summed E-state index contributed by atoms with van der Waals surface area (Å²) in [7, 11) is 1.70. The fourth-order valence-electron chi connectivity index (χ4n) is 4.01. The molecule has 1 aromatic heterocycles. The Morgan fingerprint density at radius 1 is 1.26 bits per heavy atom. The van der Waals surface area contributed by atoms with Gasteiger partial charge in [0.05, 0.1) is 23.9 Å². The minimum absolute atomic E-state index is 0.0928. The second kappa shape index (κ2) is 7.79. The van der Waals surface area contributed by atoms with Gasteiger partial charge < -0.3 is 9.64 Å². The first kappa shape index (κ1) is 18.1. The Morgan fingerprint density at radius 2 is 2.11 bits per heavy atom. The number of quaternary nitrogens is 1. The number of rotatable bonds is 5. The van der Waals surface area contributed by atoms with Crippen LogP contribution >= 0.6 is 11.3 Å². The van der Waals surface area contributed by atoms with E-state index in [9.17, 15) is 4.79 Å². The van der Waals surface area contributed by atoms with Gasteiger partial charge >= 0.3 is 0 Å². The van der Waals surface area contributed by atoms with E-state index in [4.69, 9.17) is 9.72 Å². The fourth-order valence-corrected chi connectivity index (χ4v) is 5.17. The summed E-state index contributed by atoms with van der Waals surface area (Å²) < 4.78 is 6.83. The number of Topliss-reactive ketones (excluding diaryl/α,β-unsaturated/α-hetero) is 1. The average Bonchev–Trinajstić information content (AvgIpc) is 3.12. The molecular formula is C22H25N2O2S+. The van der Waals surface area contributed by atoms with Crippen molar-refractivity contribution in [3.8, 4) is 5.75 Å². The molecule has 4 rings (SSSR count). The summed E-state index contributed by atoms with van der Waals surface area (Å²) in [6.07, 6.45) is 3.63. The van der Waals surface area contributed by atoms with Crippen LogP contribution in [0, 0.1) is 0 Å². The molecule has 140 valence electrons. The second-order valence-corrected chi connectivity index (χ2v) is 8.30. The van der Waals surface area contributed by atoms with E-state index >= 15 is 0 Å². The maximum atomic E-state index is 11.8. The lowest BCUT2D eigenvalue weighted by atomic mass is 10.00. The first-order chi connectivity index (χ1) is 13.2.